The second kappa shape index (κ2) is 6.11. The van der Waals surface area contributed by atoms with Crippen LogP contribution in [-0.4, -0.2) is 35.3 Å². The van der Waals surface area contributed by atoms with Gasteiger partial charge in [-0.2, -0.15) is 10.2 Å². The molecule has 128 valence electrons. The molecule has 2 aliphatic rings. The van der Waals surface area contributed by atoms with Crippen LogP contribution in [0.5, 0.6) is 0 Å². The van der Waals surface area contributed by atoms with Gasteiger partial charge in [0.05, 0.1) is 11.8 Å². The molecule has 0 aromatic carbocycles. The Labute approximate surface area is 141 Å². The van der Waals surface area contributed by atoms with Gasteiger partial charge in [-0.05, 0) is 51.4 Å². The predicted molar refractivity (Wildman–Crippen MR) is 87.3 cm³/mol. The van der Waals surface area contributed by atoms with Gasteiger partial charge >= 0.3 is 0 Å². The zero-order valence-electron chi connectivity index (χ0n) is 14.3. The second-order valence-electron chi connectivity index (χ2n) is 7.33. The van der Waals surface area contributed by atoms with Gasteiger partial charge in [-0.3, -0.25) is 4.79 Å². The number of nitrogens with zero attached hydrogens (tertiary/aromatic N) is 6. The molecule has 0 spiro atoms. The van der Waals surface area contributed by atoms with Crippen molar-refractivity contribution in [3.8, 4) is 0 Å². The molecule has 2 heterocycles. The summed E-state index contributed by atoms with van der Waals surface area (Å²) in [6.45, 7) is 5.60. The van der Waals surface area contributed by atoms with E-state index in [2.05, 4.69) is 20.2 Å². The van der Waals surface area contributed by atoms with Gasteiger partial charge < -0.3 is 0 Å². The lowest BCUT2D eigenvalue weighted by atomic mass is 9.94. The van der Waals surface area contributed by atoms with Crippen LogP contribution in [-0.2, 0) is 17.9 Å². The van der Waals surface area contributed by atoms with Gasteiger partial charge in [0.2, 0.25) is 0 Å². The normalized spacial score (nSPS) is 20.1. The highest BCUT2D eigenvalue weighted by atomic mass is 16.1. The van der Waals surface area contributed by atoms with E-state index in [0.717, 1.165) is 24.7 Å². The maximum absolute atomic E-state index is 13.0. The van der Waals surface area contributed by atoms with E-state index in [1.54, 1.807) is 12.7 Å². The Morgan fingerprint density at radius 1 is 0.958 bits per heavy atom. The molecule has 0 radical (unpaired) electrons. The molecule has 0 bridgehead atoms. The van der Waals surface area contributed by atoms with Crippen LogP contribution in [0.25, 0.3) is 0 Å². The molecule has 0 aliphatic heterocycles. The Balaban J connectivity index is 1.49. The summed E-state index contributed by atoms with van der Waals surface area (Å²) in [5.41, 5.74) is 0. The molecule has 4 rings (SSSR count). The fraction of sp³-hybridized carbons (Fsp3) is 0.706. The van der Waals surface area contributed by atoms with Crippen LogP contribution in [0, 0.1) is 11.8 Å². The number of ketones is 1. The maximum atomic E-state index is 13.0. The molecule has 7 nitrogen and oxygen atoms in total. The lowest BCUT2D eigenvalue weighted by molar-refractivity contribution is -0.121. The first kappa shape index (κ1) is 15.5. The lowest BCUT2D eigenvalue weighted by Crippen LogP contribution is -2.23. The number of Topliss-reactive ketones (excluding diaryl/α,β-unsaturated/α-hetero) is 1. The van der Waals surface area contributed by atoms with Crippen LogP contribution in [0.3, 0.4) is 0 Å². The summed E-state index contributed by atoms with van der Waals surface area (Å²) in [6, 6.07) is 0. The van der Waals surface area contributed by atoms with E-state index in [1.165, 1.54) is 25.7 Å². The first-order valence-corrected chi connectivity index (χ1v) is 8.92. The van der Waals surface area contributed by atoms with Crippen molar-refractivity contribution in [2.24, 2.45) is 11.8 Å². The van der Waals surface area contributed by atoms with Crippen LogP contribution < -0.4 is 0 Å². The van der Waals surface area contributed by atoms with Gasteiger partial charge in [-0.15, -0.1) is 0 Å². The van der Waals surface area contributed by atoms with Gasteiger partial charge in [0.25, 0.3) is 0 Å². The molecule has 0 amide bonds. The largest absolute Gasteiger partial charge is 0.298 e. The van der Waals surface area contributed by atoms with Crippen molar-refractivity contribution in [2.75, 3.05) is 0 Å². The average Bonchev–Trinajstić information content (AvgIpc) is 3.47. The molecule has 7 heteroatoms. The first-order valence-electron chi connectivity index (χ1n) is 8.92. The average molecular weight is 328 g/mol. The summed E-state index contributed by atoms with van der Waals surface area (Å²) in [5.74, 6) is 2.50. The lowest BCUT2D eigenvalue weighted by Gasteiger charge is -2.17. The summed E-state index contributed by atoms with van der Waals surface area (Å²) in [5, 5.41) is 8.61. The molecule has 2 atom stereocenters. The Bertz CT molecular complexity index is 667. The van der Waals surface area contributed by atoms with E-state index in [0.29, 0.717) is 11.8 Å². The van der Waals surface area contributed by atoms with Crippen molar-refractivity contribution in [3.63, 3.8) is 0 Å². The summed E-state index contributed by atoms with van der Waals surface area (Å²) < 4.78 is 3.81. The Hall–Kier alpha value is -2.05. The smallest absolute Gasteiger partial charge is 0.153 e. The van der Waals surface area contributed by atoms with Gasteiger partial charge in [-0.25, -0.2) is 19.3 Å². The van der Waals surface area contributed by atoms with E-state index in [9.17, 15) is 4.79 Å². The minimum absolute atomic E-state index is 0.130. The van der Waals surface area contributed by atoms with Gasteiger partial charge in [0.1, 0.15) is 24.3 Å². The first-order chi connectivity index (χ1) is 11.6. The van der Waals surface area contributed by atoms with E-state index < -0.39 is 0 Å². The quantitative estimate of drug-likeness (QED) is 0.742. The zero-order chi connectivity index (χ0) is 16.7. The number of hydrogen-bond donors (Lipinski definition) is 0. The third kappa shape index (κ3) is 3.12. The van der Waals surface area contributed by atoms with Crippen molar-refractivity contribution in [1.82, 2.24) is 29.5 Å². The molecular weight excluding hydrogens is 304 g/mol. The molecule has 2 saturated carbocycles. The number of rotatable bonds is 8. The van der Waals surface area contributed by atoms with Crippen LogP contribution in [0.2, 0.25) is 0 Å². The summed E-state index contributed by atoms with van der Waals surface area (Å²) >= 11 is 0. The van der Waals surface area contributed by atoms with Gasteiger partial charge in [0, 0.05) is 13.1 Å². The van der Waals surface area contributed by atoms with E-state index in [4.69, 9.17) is 0 Å². The van der Waals surface area contributed by atoms with Gasteiger partial charge in [-0.1, -0.05) is 0 Å². The van der Waals surface area contributed by atoms with Crippen LogP contribution in [0.15, 0.2) is 12.7 Å². The van der Waals surface area contributed by atoms with Crippen molar-refractivity contribution in [1.29, 1.82) is 0 Å². The van der Waals surface area contributed by atoms with Crippen LogP contribution in [0.1, 0.15) is 63.0 Å². The topological polar surface area (TPSA) is 78.5 Å². The third-order valence-corrected chi connectivity index (χ3v) is 5.18. The summed E-state index contributed by atoms with van der Waals surface area (Å²) in [7, 11) is 0. The molecule has 2 aliphatic carbocycles. The number of hydrogen-bond acceptors (Lipinski definition) is 5. The summed E-state index contributed by atoms with van der Waals surface area (Å²) in [4.78, 5) is 21.7. The van der Waals surface area contributed by atoms with Crippen molar-refractivity contribution in [3.05, 3.63) is 24.3 Å². The fourth-order valence-electron chi connectivity index (χ4n) is 3.22. The monoisotopic (exact) mass is 328 g/mol. The molecule has 2 aromatic heterocycles. The SMILES string of the molecule is CC(C(=O)C(C)c1ncnn1CC1CC1)c1ncnn1CC1CC1. The van der Waals surface area contributed by atoms with Crippen molar-refractivity contribution >= 4 is 5.78 Å². The van der Waals surface area contributed by atoms with Crippen LogP contribution in [0.4, 0.5) is 0 Å². The number of carbonyl (C=O) groups excluding carboxylic acids is 1. The Morgan fingerprint density at radius 2 is 1.38 bits per heavy atom. The standard InChI is InChI=1S/C17H24N6O/c1-11(16-18-9-20-22(16)7-13-3-4-13)15(24)12(2)17-19-10-21-23(17)8-14-5-6-14/h9-14H,3-8H2,1-2H3. The summed E-state index contributed by atoms with van der Waals surface area (Å²) in [6.07, 6.45) is 8.12. The van der Waals surface area contributed by atoms with E-state index >= 15 is 0 Å². The fourth-order valence-corrected chi connectivity index (χ4v) is 3.22. The number of aromatic nitrogens is 6. The Morgan fingerprint density at radius 3 is 1.75 bits per heavy atom. The van der Waals surface area contributed by atoms with Gasteiger partial charge in [0.15, 0.2) is 5.78 Å². The molecule has 2 fully saturated rings. The highest BCUT2D eigenvalue weighted by Gasteiger charge is 2.32. The van der Waals surface area contributed by atoms with Crippen LogP contribution >= 0.6 is 0 Å². The highest BCUT2D eigenvalue weighted by Crippen LogP contribution is 2.33. The Kier molecular flexibility index (Phi) is 3.94. The zero-order valence-corrected chi connectivity index (χ0v) is 14.3. The highest BCUT2D eigenvalue weighted by molar-refractivity contribution is 5.89. The minimum atomic E-state index is -0.285. The molecular formula is C17H24N6O. The minimum Gasteiger partial charge on any atom is -0.298 e. The molecule has 24 heavy (non-hydrogen) atoms. The van der Waals surface area contributed by atoms with E-state index in [-0.39, 0.29) is 17.6 Å². The molecule has 2 unspecified atom stereocenters. The third-order valence-electron chi connectivity index (χ3n) is 5.18. The molecule has 0 saturated heterocycles. The predicted octanol–water partition coefficient (Wildman–Crippen LogP) is 2.17. The molecule has 0 N–H and O–H groups in total. The van der Waals surface area contributed by atoms with Crippen molar-refractivity contribution in [2.45, 2.75) is 64.5 Å². The van der Waals surface area contributed by atoms with Crippen molar-refractivity contribution < 1.29 is 4.79 Å². The second-order valence-corrected chi connectivity index (χ2v) is 7.33. The molecule has 2 aromatic rings. The number of carbonyl (C=O) groups is 1. The van der Waals surface area contributed by atoms with E-state index in [1.807, 2.05) is 23.2 Å². The maximum Gasteiger partial charge on any atom is 0.153 e.